The van der Waals surface area contributed by atoms with Crippen LogP contribution < -0.4 is 5.73 Å². The Labute approximate surface area is 112 Å². The Morgan fingerprint density at radius 2 is 2.11 bits per heavy atom. The number of likely N-dealkylation sites (N-methyl/N-ethyl adjacent to an activating group) is 1. The minimum Gasteiger partial charge on any atom is -0.381 e. The average molecular weight is 254 g/mol. The second-order valence-electron chi connectivity index (χ2n) is 6.42. The summed E-state index contributed by atoms with van der Waals surface area (Å²) in [5.74, 6) is 1.44. The normalized spacial score (nSPS) is 38.0. The van der Waals surface area contributed by atoms with Crippen molar-refractivity contribution in [1.29, 1.82) is 0 Å². The summed E-state index contributed by atoms with van der Waals surface area (Å²) >= 11 is 0. The molecular formula is C15H30N2O. The summed E-state index contributed by atoms with van der Waals surface area (Å²) in [4.78, 5) is 2.57. The van der Waals surface area contributed by atoms with E-state index in [1.807, 2.05) is 0 Å². The largest absolute Gasteiger partial charge is 0.381 e. The van der Waals surface area contributed by atoms with Crippen LogP contribution in [0.25, 0.3) is 0 Å². The Morgan fingerprint density at radius 1 is 1.28 bits per heavy atom. The molecule has 1 aliphatic carbocycles. The maximum Gasteiger partial charge on any atom is 0.0506 e. The third-order valence-electron chi connectivity index (χ3n) is 5.31. The van der Waals surface area contributed by atoms with Crippen molar-refractivity contribution in [2.75, 3.05) is 33.4 Å². The summed E-state index contributed by atoms with van der Waals surface area (Å²) in [6, 6.07) is 0. The van der Waals surface area contributed by atoms with Gasteiger partial charge in [-0.3, -0.25) is 4.90 Å². The molecule has 0 bridgehead atoms. The van der Waals surface area contributed by atoms with E-state index in [0.717, 1.165) is 32.2 Å². The smallest absolute Gasteiger partial charge is 0.0506 e. The minimum absolute atomic E-state index is 0.246. The van der Waals surface area contributed by atoms with Crippen LogP contribution in [0.5, 0.6) is 0 Å². The van der Waals surface area contributed by atoms with Gasteiger partial charge in [0.1, 0.15) is 0 Å². The fourth-order valence-electron chi connectivity index (χ4n) is 3.94. The van der Waals surface area contributed by atoms with Gasteiger partial charge in [0.15, 0.2) is 0 Å². The molecule has 3 heteroatoms. The molecule has 3 unspecified atom stereocenters. The number of rotatable bonds is 4. The molecule has 2 rings (SSSR count). The first-order chi connectivity index (χ1) is 8.69. The third-order valence-corrected chi connectivity index (χ3v) is 5.31. The Morgan fingerprint density at radius 3 is 2.72 bits per heavy atom. The summed E-state index contributed by atoms with van der Waals surface area (Å²) in [5, 5.41) is 0. The number of hydrogen-bond acceptors (Lipinski definition) is 3. The molecule has 2 aliphatic rings. The number of ether oxygens (including phenoxy) is 1. The first-order valence-corrected chi connectivity index (χ1v) is 7.68. The van der Waals surface area contributed by atoms with Gasteiger partial charge in [0.05, 0.1) is 6.61 Å². The second kappa shape index (κ2) is 6.36. The van der Waals surface area contributed by atoms with Crippen molar-refractivity contribution >= 4 is 0 Å². The van der Waals surface area contributed by atoms with E-state index in [2.05, 4.69) is 18.9 Å². The van der Waals surface area contributed by atoms with Gasteiger partial charge in [-0.2, -0.15) is 0 Å². The zero-order valence-corrected chi connectivity index (χ0v) is 12.2. The second-order valence-corrected chi connectivity index (χ2v) is 6.42. The van der Waals surface area contributed by atoms with Crippen LogP contribution in [0.4, 0.5) is 0 Å². The van der Waals surface area contributed by atoms with Gasteiger partial charge in [-0.15, -0.1) is 0 Å². The lowest BCUT2D eigenvalue weighted by Crippen LogP contribution is -2.59. The van der Waals surface area contributed by atoms with Crippen LogP contribution in [0.3, 0.4) is 0 Å². The van der Waals surface area contributed by atoms with Gasteiger partial charge in [0.2, 0.25) is 0 Å². The van der Waals surface area contributed by atoms with Gasteiger partial charge >= 0.3 is 0 Å². The molecule has 1 saturated carbocycles. The fourth-order valence-corrected chi connectivity index (χ4v) is 3.94. The Bertz CT molecular complexity index is 253. The lowest BCUT2D eigenvalue weighted by atomic mass is 9.72. The Balaban J connectivity index is 1.97. The summed E-state index contributed by atoms with van der Waals surface area (Å²) in [6.45, 7) is 6.25. The van der Waals surface area contributed by atoms with Crippen LogP contribution in [0, 0.1) is 11.8 Å². The molecule has 2 fully saturated rings. The van der Waals surface area contributed by atoms with E-state index in [4.69, 9.17) is 10.5 Å². The molecule has 0 spiro atoms. The predicted octanol–water partition coefficient (Wildman–Crippen LogP) is 2.25. The number of nitrogens with two attached hydrogens (primary N) is 1. The molecule has 0 aromatic carbocycles. The Hall–Kier alpha value is -0.120. The first-order valence-electron chi connectivity index (χ1n) is 7.68. The quantitative estimate of drug-likeness (QED) is 0.836. The zero-order chi connectivity index (χ0) is 13.0. The van der Waals surface area contributed by atoms with Crippen LogP contribution in [0.2, 0.25) is 0 Å². The van der Waals surface area contributed by atoms with Crippen molar-refractivity contribution in [3.8, 4) is 0 Å². The first kappa shape index (κ1) is 14.3. The third kappa shape index (κ3) is 2.89. The summed E-state index contributed by atoms with van der Waals surface area (Å²) in [6.07, 6.45) is 7.87. The summed E-state index contributed by atoms with van der Waals surface area (Å²) in [7, 11) is 2.28. The molecule has 1 aliphatic heterocycles. The van der Waals surface area contributed by atoms with E-state index in [0.29, 0.717) is 5.92 Å². The predicted molar refractivity (Wildman–Crippen MR) is 75.6 cm³/mol. The van der Waals surface area contributed by atoms with Crippen molar-refractivity contribution in [1.82, 2.24) is 4.90 Å². The van der Waals surface area contributed by atoms with Crippen molar-refractivity contribution in [3.05, 3.63) is 0 Å². The highest BCUT2D eigenvalue weighted by atomic mass is 16.5. The minimum atomic E-state index is 0.246. The SMILES string of the molecule is CC1CCCCC1(CN)N(C)CC1CCCOC1. The van der Waals surface area contributed by atoms with Crippen LogP contribution in [0.1, 0.15) is 45.4 Å². The molecule has 18 heavy (non-hydrogen) atoms. The molecular weight excluding hydrogens is 224 g/mol. The van der Waals surface area contributed by atoms with Crippen molar-refractivity contribution in [2.45, 2.75) is 51.0 Å². The molecule has 0 radical (unpaired) electrons. The van der Waals surface area contributed by atoms with Crippen LogP contribution in [-0.4, -0.2) is 43.8 Å². The van der Waals surface area contributed by atoms with E-state index in [-0.39, 0.29) is 5.54 Å². The van der Waals surface area contributed by atoms with E-state index in [1.165, 1.54) is 38.5 Å². The molecule has 2 N–H and O–H groups in total. The lowest BCUT2D eigenvalue weighted by Gasteiger charge is -2.49. The molecule has 1 heterocycles. The molecule has 0 aromatic heterocycles. The molecule has 3 nitrogen and oxygen atoms in total. The topological polar surface area (TPSA) is 38.5 Å². The highest BCUT2D eigenvalue weighted by Gasteiger charge is 2.40. The maximum absolute atomic E-state index is 6.16. The molecule has 0 amide bonds. The molecule has 0 aromatic rings. The summed E-state index contributed by atoms with van der Waals surface area (Å²) in [5.41, 5.74) is 6.41. The monoisotopic (exact) mass is 254 g/mol. The van der Waals surface area contributed by atoms with E-state index in [9.17, 15) is 0 Å². The molecule has 106 valence electrons. The maximum atomic E-state index is 6.16. The van der Waals surface area contributed by atoms with Crippen molar-refractivity contribution in [2.24, 2.45) is 17.6 Å². The van der Waals surface area contributed by atoms with E-state index in [1.54, 1.807) is 0 Å². The van der Waals surface area contributed by atoms with Crippen molar-refractivity contribution in [3.63, 3.8) is 0 Å². The molecule has 3 atom stereocenters. The van der Waals surface area contributed by atoms with Gasteiger partial charge in [0, 0.05) is 25.2 Å². The summed E-state index contributed by atoms with van der Waals surface area (Å²) < 4.78 is 5.61. The van der Waals surface area contributed by atoms with Gasteiger partial charge in [-0.05, 0) is 44.6 Å². The Kier molecular flexibility index (Phi) is 5.05. The van der Waals surface area contributed by atoms with Crippen molar-refractivity contribution < 1.29 is 4.74 Å². The zero-order valence-electron chi connectivity index (χ0n) is 12.2. The van der Waals surface area contributed by atoms with Crippen LogP contribution in [0.15, 0.2) is 0 Å². The van der Waals surface area contributed by atoms with E-state index < -0.39 is 0 Å². The highest BCUT2D eigenvalue weighted by molar-refractivity contribution is 4.97. The van der Waals surface area contributed by atoms with Gasteiger partial charge in [-0.25, -0.2) is 0 Å². The average Bonchev–Trinajstić information content (AvgIpc) is 2.40. The number of hydrogen-bond donors (Lipinski definition) is 1. The fraction of sp³-hybridized carbons (Fsp3) is 1.00. The van der Waals surface area contributed by atoms with E-state index >= 15 is 0 Å². The standard InChI is InChI=1S/C15H30N2O/c1-13-6-3-4-8-15(13,12-16)17(2)10-14-7-5-9-18-11-14/h13-14H,3-12,16H2,1-2H3. The van der Waals surface area contributed by atoms with Gasteiger partial charge in [0.25, 0.3) is 0 Å². The van der Waals surface area contributed by atoms with Gasteiger partial charge < -0.3 is 10.5 Å². The lowest BCUT2D eigenvalue weighted by molar-refractivity contribution is -0.00991. The molecule has 1 saturated heterocycles. The number of nitrogens with zero attached hydrogens (tertiary/aromatic N) is 1. The van der Waals surface area contributed by atoms with Crippen LogP contribution >= 0.6 is 0 Å². The highest BCUT2D eigenvalue weighted by Crippen LogP contribution is 2.37. The van der Waals surface area contributed by atoms with Gasteiger partial charge in [-0.1, -0.05) is 19.8 Å². The van der Waals surface area contributed by atoms with Crippen LogP contribution in [-0.2, 0) is 4.74 Å².